The van der Waals surface area contributed by atoms with Crippen LogP contribution in [0.25, 0.3) is 0 Å². The Labute approximate surface area is 155 Å². The van der Waals surface area contributed by atoms with E-state index in [0.29, 0.717) is 18.8 Å². The highest BCUT2D eigenvalue weighted by Gasteiger charge is 2.14. The number of nitrogens with zero attached hydrogens (tertiary/aromatic N) is 1. The number of nitrogens with one attached hydrogen (secondary N) is 2. The number of unbranched alkanes of at least 4 members (excludes halogenated alkanes) is 1. The molecule has 1 heterocycles. The molecular weight excluding hydrogens is 334 g/mol. The van der Waals surface area contributed by atoms with Gasteiger partial charge in [0.15, 0.2) is 0 Å². The van der Waals surface area contributed by atoms with Gasteiger partial charge in [-0.3, -0.25) is 14.5 Å². The lowest BCUT2D eigenvalue weighted by Gasteiger charge is -2.26. The first-order valence-corrected chi connectivity index (χ1v) is 9.31. The van der Waals surface area contributed by atoms with Crippen molar-refractivity contribution in [1.82, 2.24) is 10.2 Å². The van der Waals surface area contributed by atoms with Gasteiger partial charge in [0.25, 0.3) is 0 Å². The molecule has 1 aliphatic rings. The summed E-state index contributed by atoms with van der Waals surface area (Å²) < 4.78 is 10.9. The van der Waals surface area contributed by atoms with E-state index in [1.165, 1.54) is 0 Å². The average molecular weight is 363 g/mol. The van der Waals surface area contributed by atoms with E-state index in [1.807, 2.05) is 0 Å². The molecule has 1 saturated heterocycles. The smallest absolute Gasteiger partial charge is 0.313 e. The molecule has 0 bridgehead atoms. The molecule has 2 N–H and O–H groups in total. The minimum absolute atomic E-state index is 0.480. The Morgan fingerprint density at radius 2 is 1.85 bits per heavy atom. The second-order valence-corrected chi connectivity index (χ2v) is 6.24. The van der Waals surface area contributed by atoms with Crippen molar-refractivity contribution >= 4 is 17.5 Å². The average Bonchev–Trinajstić information content (AvgIpc) is 2.67. The Morgan fingerprint density at radius 1 is 1.12 bits per heavy atom. The number of amides is 2. The van der Waals surface area contributed by atoms with Crippen molar-refractivity contribution in [2.45, 2.75) is 26.2 Å². The van der Waals surface area contributed by atoms with Gasteiger partial charge < -0.3 is 20.1 Å². The van der Waals surface area contributed by atoms with Crippen molar-refractivity contribution in [2.24, 2.45) is 0 Å². The summed E-state index contributed by atoms with van der Waals surface area (Å²) in [6.07, 6.45) is 2.89. The third-order valence-corrected chi connectivity index (χ3v) is 4.13. The van der Waals surface area contributed by atoms with Gasteiger partial charge in [-0.2, -0.15) is 0 Å². The van der Waals surface area contributed by atoms with Crippen LogP contribution in [0.3, 0.4) is 0 Å². The third-order valence-electron chi connectivity index (χ3n) is 4.13. The highest BCUT2D eigenvalue weighted by atomic mass is 16.5. The number of carbonyl (C=O) groups excluding carboxylic acids is 2. The van der Waals surface area contributed by atoms with Crippen LogP contribution in [0, 0.1) is 0 Å². The Morgan fingerprint density at radius 3 is 2.54 bits per heavy atom. The predicted molar refractivity (Wildman–Crippen MR) is 100 cm³/mol. The SMILES string of the molecule is CCCCOc1ccc(NC(=O)C(=O)NCCCN2CCOCC2)cc1. The molecule has 0 aromatic heterocycles. The molecule has 7 heteroatoms. The summed E-state index contributed by atoms with van der Waals surface area (Å²) in [5.74, 6) is -0.518. The van der Waals surface area contributed by atoms with E-state index in [9.17, 15) is 9.59 Å². The largest absolute Gasteiger partial charge is 0.494 e. The number of benzene rings is 1. The minimum atomic E-state index is -0.656. The molecule has 2 amide bonds. The normalized spacial score (nSPS) is 14.7. The summed E-state index contributed by atoms with van der Waals surface area (Å²) >= 11 is 0. The van der Waals surface area contributed by atoms with Crippen LogP contribution in [-0.4, -0.2) is 62.7 Å². The molecular formula is C19H29N3O4. The summed E-state index contributed by atoms with van der Waals surface area (Å²) in [5.41, 5.74) is 0.571. The molecule has 0 atom stereocenters. The van der Waals surface area contributed by atoms with Crippen LogP contribution >= 0.6 is 0 Å². The molecule has 1 aromatic rings. The van der Waals surface area contributed by atoms with Gasteiger partial charge in [-0.15, -0.1) is 0 Å². The van der Waals surface area contributed by atoms with E-state index >= 15 is 0 Å². The number of hydrogen-bond acceptors (Lipinski definition) is 5. The first kappa shape index (κ1) is 20.2. The topological polar surface area (TPSA) is 79.9 Å². The fourth-order valence-electron chi connectivity index (χ4n) is 2.57. The monoisotopic (exact) mass is 363 g/mol. The van der Waals surface area contributed by atoms with Gasteiger partial charge in [-0.05, 0) is 43.7 Å². The second kappa shape index (κ2) is 11.5. The van der Waals surface area contributed by atoms with Gasteiger partial charge in [-0.1, -0.05) is 13.3 Å². The zero-order chi connectivity index (χ0) is 18.6. The van der Waals surface area contributed by atoms with Gasteiger partial charge in [-0.25, -0.2) is 0 Å². The number of anilines is 1. The van der Waals surface area contributed by atoms with Gasteiger partial charge >= 0.3 is 11.8 Å². The van der Waals surface area contributed by atoms with Crippen LogP contribution < -0.4 is 15.4 Å². The third kappa shape index (κ3) is 7.41. The number of ether oxygens (including phenoxy) is 2. The number of rotatable bonds is 9. The summed E-state index contributed by atoms with van der Waals surface area (Å²) in [6.45, 7) is 7.52. The van der Waals surface area contributed by atoms with Crippen molar-refractivity contribution in [3.05, 3.63) is 24.3 Å². The van der Waals surface area contributed by atoms with Crippen molar-refractivity contribution in [2.75, 3.05) is 51.3 Å². The molecule has 7 nitrogen and oxygen atoms in total. The molecule has 0 spiro atoms. The van der Waals surface area contributed by atoms with E-state index in [4.69, 9.17) is 9.47 Å². The molecule has 2 rings (SSSR count). The lowest BCUT2D eigenvalue weighted by atomic mass is 10.3. The fourth-order valence-corrected chi connectivity index (χ4v) is 2.57. The molecule has 1 aliphatic heterocycles. The molecule has 1 fully saturated rings. The van der Waals surface area contributed by atoms with Crippen LogP contribution in [0.2, 0.25) is 0 Å². The van der Waals surface area contributed by atoms with Crippen LogP contribution in [0.4, 0.5) is 5.69 Å². The minimum Gasteiger partial charge on any atom is -0.494 e. The van der Waals surface area contributed by atoms with Crippen molar-refractivity contribution < 1.29 is 19.1 Å². The standard InChI is InChI=1S/C19H29N3O4/c1-2-3-13-26-17-7-5-16(6-8-17)21-19(24)18(23)20-9-4-10-22-11-14-25-15-12-22/h5-8H,2-4,9-15H2,1H3,(H,20,23)(H,21,24). The van der Waals surface area contributed by atoms with E-state index in [-0.39, 0.29) is 0 Å². The van der Waals surface area contributed by atoms with Crippen molar-refractivity contribution in [3.8, 4) is 5.75 Å². The summed E-state index contributed by atoms with van der Waals surface area (Å²) in [4.78, 5) is 26.1. The highest BCUT2D eigenvalue weighted by molar-refractivity contribution is 6.39. The Hall–Kier alpha value is -2.12. The summed E-state index contributed by atoms with van der Waals surface area (Å²) in [5, 5.41) is 5.25. The lowest BCUT2D eigenvalue weighted by molar-refractivity contribution is -0.136. The second-order valence-electron chi connectivity index (χ2n) is 6.24. The van der Waals surface area contributed by atoms with Crippen molar-refractivity contribution in [1.29, 1.82) is 0 Å². The van der Waals surface area contributed by atoms with Crippen LogP contribution in [0.15, 0.2) is 24.3 Å². The molecule has 0 unspecified atom stereocenters. The first-order chi connectivity index (χ1) is 12.7. The summed E-state index contributed by atoms with van der Waals surface area (Å²) in [7, 11) is 0. The maximum absolute atomic E-state index is 11.9. The van der Waals surface area contributed by atoms with E-state index in [2.05, 4.69) is 22.5 Å². The fraction of sp³-hybridized carbons (Fsp3) is 0.579. The van der Waals surface area contributed by atoms with Crippen LogP contribution in [-0.2, 0) is 14.3 Å². The first-order valence-electron chi connectivity index (χ1n) is 9.31. The number of morpholine rings is 1. The Balaban J connectivity index is 1.63. The van der Waals surface area contributed by atoms with E-state index in [0.717, 1.165) is 57.9 Å². The quantitative estimate of drug-likeness (QED) is 0.515. The zero-order valence-corrected chi connectivity index (χ0v) is 15.5. The molecule has 1 aromatic carbocycles. The van der Waals surface area contributed by atoms with Gasteiger partial charge in [0, 0.05) is 25.3 Å². The Bertz CT molecular complexity index is 556. The summed E-state index contributed by atoms with van der Waals surface area (Å²) in [6, 6.07) is 7.02. The van der Waals surface area contributed by atoms with E-state index < -0.39 is 11.8 Å². The molecule has 26 heavy (non-hydrogen) atoms. The van der Waals surface area contributed by atoms with Crippen LogP contribution in [0.1, 0.15) is 26.2 Å². The maximum Gasteiger partial charge on any atom is 0.313 e. The highest BCUT2D eigenvalue weighted by Crippen LogP contribution is 2.16. The van der Waals surface area contributed by atoms with Crippen molar-refractivity contribution in [3.63, 3.8) is 0 Å². The molecule has 0 aliphatic carbocycles. The lowest BCUT2D eigenvalue weighted by Crippen LogP contribution is -2.39. The van der Waals surface area contributed by atoms with Crippen LogP contribution in [0.5, 0.6) is 5.75 Å². The molecule has 0 radical (unpaired) electrons. The maximum atomic E-state index is 11.9. The number of hydrogen-bond donors (Lipinski definition) is 2. The van der Waals surface area contributed by atoms with Gasteiger partial charge in [0.05, 0.1) is 19.8 Å². The molecule has 0 saturated carbocycles. The number of carbonyl (C=O) groups is 2. The molecule has 144 valence electrons. The predicted octanol–water partition coefficient (Wildman–Crippen LogP) is 1.64. The zero-order valence-electron chi connectivity index (χ0n) is 15.5. The van der Waals surface area contributed by atoms with Gasteiger partial charge in [0.1, 0.15) is 5.75 Å². The Kier molecular flexibility index (Phi) is 8.92. The van der Waals surface area contributed by atoms with Gasteiger partial charge in [0.2, 0.25) is 0 Å². The van der Waals surface area contributed by atoms with E-state index in [1.54, 1.807) is 24.3 Å².